The number of anilines is 2. The molecule has 0 radical (unpaired) electrons. The molecule has 2 aromatic rings. The molecule has 0 atom stereocenters. The predicted molar refractivity (Wildman–Crippen MR) is 124 cm³/mol. The van der Waals surface area contributed by atoms with E-state index in [1.807, 2.05) is 0 Å². The SMILES string of the molecule is Cc1c(F)ccc(N2CCN(CCCCCc3ccc4c(n3)NC(=O)CC4)CC2)c1Cl. The zero-order valence-electron chi connectivity index (χ0n) is 18.1. The normalized spacial score (nSPS) is 16.9. The molecule has 0 aliphatic carbocycles. The lowest BCUT2D eigenvalue weighted by molar-refractivity contribution is -0.116. The summed E-state index contributed by atoms with van der Waals surface area (Å²) in [4.78, 5) is 20.9. The van der Waals surface area contributed by atoms with E-state index in [9.17, 15) is 9.18 Å². The van der Waals surface area contributed by atoms with Crippen molar-refractivity contribution < 1.29 is 9.18 Å². The molecule has 0 spiro atoms. The molecule has 1 N–H and O–H groups in total. The molecule has 4 rings (SSSR count). The molecule has 1 aromatic carbocycles. The lowest BCUT2D eigenvalue weighted by Gasteiger charge is -2.36. The maximum absolute atomic E-state index is 13.7. The summed E-state index contributed by atoms with van der Waals surface area (Å²) in [6, 6.07) is 7.50. The molecular formula is C24H30ClFN4O. The number of amides is 1. The number of fused-ring (bicyclic) bond motifs is 1. The van der Waals surface area contributed by atoms with E-state index < -0.39 is 0 Å². The van der Waals surface area contributed by atoms with Crippen LogP contribution in [0.1, 0.15) is 42.5 Å². The zero-order chi connectivity index (χ0) is 21.8. The number of halogens is 2. The van der Waals surface area contributed by atoms with Crippen LogP contribution in [0.25, 0.3) is 0 Å². The fraction of sp³-hybridized carbons (Fsp3) is 0.500. The van der Waals surface area contributed by atoms with E-state index in [1.165, 1.54) is 6.07 Å². The van der Waals surface area contributed by atoms with Crippen molar-refractivity contribution >= 4 is 29.0 Å². The van der Waals surface area contributed by atoms with Gasteiger partial charge >= 0.3 is 0 Å². The van der Waals surface area contributed by atoms with Crippen LogP contribution in [0.4, 0.5) is 15.9 Å². The topological polar surface area (TPSA) is 48.5 Å². The molecule has 31 heavy (non-hydrogen) atoms. The first-order valence-corrected chi connectivity index (χ1v) is 11.6. The van der Waals surface area contributed by atoms with Crippen molar-refractivity contribution in [2.75, 3.05) is 42.9 Å². The van der Waals surface area contributed by atoms with Gasteiger partial charge in [-0.3, -0.25) is 9.69 Å². The van der Waals surface area contributed by atoms with Crippen LogP contribution in [0.5, 0.6) is 0 Å². The summed E-state index contributed by atoms with van der Waals surface area (Å²) in [7, 11) is 0. The van der Waals surface area contributed by atoms with Gasteiger partial charge in [0.05, 0.1) is 10.7 Å². The highest BCUT2D eigenvalue weighted by atomic mass is 35.5. The Morgan fingerprint density at radius 1 is 1.06 bits per heavy atom. The van der Waals surface area contributed by atoms with Crippen LogP contribution in [-0.4, -0.2) is 48.5 Å². The molecular weight excluding hydrogens is 415 g/mol. The molecule has 0 unspecified atom stereocenters. The van der Waals surface area contributed by atoms with Crippen molar-refractivity contribution in [3.63, 3.8) is 0 Å². The summed E-state index contributed by atoms with van der Waals surface area (Å²) < 4.78 is 13.7. The van der Waals surface area contributed by atoms with Gasteiger partial charge in [-0.15, -0.1) is 0 Å². The largest absolute Gasteiger partial charge is 0.368 e. The number of aromatic nitrogens is 1. The molecule has 166 valence electrons. The number of nitrogens with zero attached hydrogens (tertiary/aromatic N) is 3. The quantitative estimate of drug-likeness (QED) is 0.634. The molecule has 0 bridgehead atoms. The van der Waals surface area contributed by atoms with Gasteiger partial charge in [-0.1, -0.05) is 24.1 Å². The fourth-order valence-electron chi connectivity index (χ4n) is 4.34. The first-order chi connectivity index (χ1) is 15.0. The number of benzene rings is 1. The lowest BCUT2D eigenvalue weighted by atomic mass is 10.0. The second-order valence-corrected chi connectivity index (χ2v) is 8.88. The highest BCUT2D eigenvalue weighted by molar-refractivity contribution is 6.34. The third-order valence-corrected chi connectivity index (χ3v) is 6.81. The molecule has 5 nitrogen and oxygen atoms in total. The van der Waals surface area contributed by atoms with Gasteiger partial charge in [0.1, 0.15) is 11.6 Å². The van der Waals surface area contributed by atoms with Gasteiger partial charge in [0.2, 0.25) is 5.91 Å². The number of carbonyl (C=O) groups is 1. The van der Waals surface area contributed by atoms with Crippen molar-refractivity contribution in [2.24, 2.45) is 0 Å². The molecule has 2 aliphatic heterocycles. The van der Waals surface area contributed by atoms with E-state index in [-0.39, 0.29) is 11.7 Å². The van der Waals surface area contributed by atoms with Gasteiger partial charge in [0.25, 0.3) is 0 Å². The number of piperazine rings is 1. The Hall–Kier alpha value is -2.18. The predicted octanol–water partition coefficient (Wildman–Crippen LogP) is 4.60. The van der Waals surface area contributed by atoms with Crippen LogP contribution in [0.3, 0.4) is 0 Å². The highest BCUT2D eigenvalue weighted by Crippen LogP contribution is 2.31. The first-order valence-electron chi connectivity index (χ1n) is 11.2. The Kier molecular flexibility index (Phi) is 7.08. The van der Waals surface area contributed by atoms with Crippen LogP contribution >= 0.6 is 11.6 Å². The van der Waals surface area contributed by atoms with Crippen molar-refractivity contribution in [1.29, 1.82) is 0 Å². The minimum absolute atomic E-state index is 0.0640. The number of pyridine rings is 1. The number of hydrogen-bond donors (Lipinski definition) is 1. The minimum atomic E-state index is -0.247. The Labute approximate surface area is 188 Å². The van der Waals surface area contributed by atoms with E-state index >= 15 is 0 Å². The van der Waals surface area contributed by atoms with Crippen LogP contribution in [-0.2, 0) is 17.6 Å². The number of hydrogen-bond acceptors (Lipinski definition) is 4. The second-order valence-electron chi connectivity index (χ2n) is 8.50. The summed E-state index contributed by atoms with van der Waals surface area (Å²) in [5, 5.41) is 3.41. The lowest BCUT2D eigenvalue weighted by Crippen LogP contribution is -2.46. The molecule has 2 aliphatic rings. The van der Waals surface area contributed by atoms with Crippen molar-refractivity contribution in [3.05, 3.63) is 51.9 Å². The molecule has 1 aromatic heterocycles. The maximum atomic E-state index is 13.7. The van der Waals surface area contributed by atoms with Gasteiger partial charge in [-0.2, -0.15) is 0 Å². The molecule has 1 fully saturated rings. The Balaban J connectivity index is 1.16. The highest BCUT2D eigenvalue weighted by Gasteiger charge is 2.20. The van der Waals surface area contributed by atoms with Gasteiger partial charge in [0.15, 0.2) is 0 Å². The van der Waals surface area contributed by atoms with E-state index in [4.69, 9.17) is 11.6 Å². The van der Waals surface area contributed by atoms with Crippen LogP contribution in [0.2, 0.25) is 5.02 Å². The third kappa shape index (κ3) is 5.36. The van der Waals surface area contributed by atoms with Crippen molar-refractivity contribution in [1.82, 2.24) is 9.88 Å². The Bertz CT molecular complexity index is 943. The van der Waals surface area contributed by atoms with Crippen LogP contribution in [0.15, 0.2) is 24.3 Å². The Morgan fingerprint density at radius 3 is 2.68 bits per heavy atom. The maximum Gasteiger partial charge on any atom is 0.225 e. The van der Waals surface area contributed by atoms with Crippen LogP contribution < -0.4 is 10.2 Å². The monoisotopic (exact) mass is 444 g/mol. The van der Waals surface area contributed by atoms with Crippen molar-refractivity contribution in [3.8, 4) is 0 Å². The van der Waals surface area contributed by atoms with Gasteiger partial charge in [-0.05, 0) is 62.9 Å². The molecule has 1 amide bonds. The molecule has 3 heterocycles. The summed E-state index contributed by atoms with van der Waals surface area (Å²) >= 11 is 6.36. The summed E-state index contributed by atoms with van der Waals surface area (Å²) in [5.74, 6) is 0.569. The second kappa shape index (κ2) is 9.96. The van der Waals surface area contributed by atoms with Gasteiger partial charge in [-0.25, -0.2) is 9.37 Å². The number of carbonyl (C=O) groups excluding carboxylic acids is 1. The number of nitrogens with one attached hydrogen (secondary N) is 1. The third-order valence-electron chi connectivity index (χ3n) is 6.34. The summed E-state index contributed by atoms with van der Waals surface area (Å²) in [6.07, 6.45) is 5.71. The number of unbranched alkanes of at least 4 members (excludes halogenated alkanes) is 2. The van der Waals surface area contributed by atoms with E-state index in [0.717, 1.165) is 87.6 Å². The van der Waals surface area contributed by atoms with Gasteiger partial charge < -0.3 is 10.2 Å². The molecule has 1 saturated heterocycles. The standard InChI is InChI=1S/C24H30ClFN4O/c1-17-20(26)9-10-21(23(17)25)30-15-13-29(14-16-30)12-4-2-3-5-19-8-6-18-7-11-22(31)28-24(18)27-19/h6,8-10H,2-5,7,11-16H2,1H3,(H,27,28,31). The fourth-order valence-corrected chi connectivity index (χ4v) is 4.62. The molecule has 7 heteroatoms. The smallest absolute Gasteiger partial charge is 0.225 e. The minimum Gasteiger partial charge on any atom is -0.368 e. The first kappa shape index (κ1) is 22.0. The summed E-state index contributed by atoms with van der Waals surface area (Å²) in [5.41, 5.74) is 3.66. The molecule has 0 saturated carbocycles. The van der Waals surface area contributed by atoms with Gasteiger partial charge in [0, 0.05) is 43.9 Å². The number of aryl methyl sites for hydroxylation is 2. The van der Waals surface area contributed by atoms with E-state index in [0.29, 0.717) is 17.0 Å². The van der Waals surface area contributed by atoms with Crippen LogP contribution in [0, 0.1) is 12.7 Å². The Morgan fingerprint density at radius 2 is 1.87 bits per heavy atom. The number of rotatable bonds is 7. The average Bonchev–Trinajstić information content (AvgIpc) is 2.78. The van der Waals surface area contributed by atoms with E-state index in [2.05, 4.69) is 32.2 Å². The average molecular weight is 445 g/mol. The summed E-state index contributed by atoms with van der Waals surface area (Å²) in [6.45, 7) is 6.65. The zero-order valence-corrected chi connectivity index (χ0v) is 18.8. The van der Waals surface area contributed by atoms with Crippen molar-refractivity contribution in [2.45, 2.75) is 45.4 Å². The van der Waals surface area contributed by atoms with E-state index in [1.54, 1.807) is 13.0 Å².